The number of anilines is 1. The molecule has 0 saturated heterocycles. The minimum Gasteiger partial charge on any atom is -0.454 e. The van der Waals surface area contributed by atoms with Crippen LogP contribution in [0.4, 0.5) is 5.69 Å². The standard InChI is InChI=1S/C17H19NO3/c1-11-4-3-5-12(2)17(11)18-9-14(19)13-6-7-15-16(8-13)21-10-20-15/h3-8,14,18-19H,9-10H2,1-2H3. The van der Waals surface area contributed by atoms with Crippen molar-refractivity contribution in [2.24, 2.45) is 0 Å². The minimum atomic E-state index is -0.599. The second kappa shape index (κ2) is 5.66. The van der Waals surface area contributed by atoms with Crippen LogP contribution >= 0.6 is 0 Å². The van der Waals surface area contributed by atoms with Gasteiger partial charge < -0.3 is 19.9 Å². The number of para-hydroxylation sites is 1. The fraction of sp³-hybridized carbons (Fsp3) is 0.294. The maximum Gasteiger partial charge on any atom is 0.231 e. The third-order valence-electron chi connectivity index (χ3n) is 3.73. The van der Waals surface area contributed by atoms with Gasteiger partial charge in [0, 0.05) is 12.2 Å². The van der Waals surface area contributed by atoms with Crippen LogP contribution in [-0.2, 0) is 0 Å². The van der Waals surface area contributed by atoms with Gasteiger partial charge in [-0.3, -0.25) is 0 Å². The second-order valence-electron chi connectivity index (χ2n) is 5.28. The van der Waals surface area contributed by atoms with Crippen LogP contribution in [0.15, 0.2) is 36.4 Å². The molecule has 1 unspecified atom stereocenters. The quantitative estimate of drug-likeness (QED) is 0.906. The summed E-state index contributed by atoms with van der Waals surface area (Å²) in [5.41, 5.74) is 4.25. The molecular weight excluding hydrogens is 266 g/mol. The maximum absolute atomic E-state index is 10.3. The van der Waals surface area contributed by atoms with Gasteiger partial charge >= 0.3 is 0 Å². The Morgan fingerprint density at radius 1 is 1.10 bits per heavy atom. The smallest absolute Gasteiger partial charge is 0.231 e. The number of nitrogens with one attached hydrogen (secondary N) is 1. The van der Waals surface area contributed by atoms with Crippen LogP contribution in [0.3, 0.4) is 0 Å². The third kappa shape index (κ3) is 2.81. The lowest BCUT2D eigenvalue weighted by molar-refractivity contribution is 0.173. The van der Waals surface area contributed by atoms with Gasteiger partial charge in [0.2, 0.25) is 6.79 Å². The van der Waals surface area contributed by atoms with Crippen molar-refractivity contribution in [1.29, 1.82) is 0 Å². The first-order chi connectivity index (χ1) is 10.1. The Kier molecular flexibility index (Phi) is 3.71. The van der Waals surface area contributed by atoms with Gasteiger partial charge in [0.05, 0.1) is 6.10 Å². The Balaban J connectivity index is 1.70. The molecule has 21 heavy (non-hydrogen) atoms. The zero-order valence-electron chi connectivity index (χ0n) is 12.2. The van der Waals surface area contributed by atoms with Gasteiger partial charge in [-0.05, 0) is 42.7 Å². The van der Waals surface area contributed by atoms with Crippen molar-refractivity contribution in [1.82, 2.24) is 0 Å². The first-order valence-corrected chi connectivity index (χ1v) is 7.03. The zero-order valence-corrected chi connectivity index (χ0v) is 12.2. The van der Waals surface area contributed by atoms with E-state index in [0.29, 0.717) is 12.3 Å². The lowest BCUT2D eigenvalue weighted by atomic mass is 10.1. The molecule has 0 aliphatic carbocycles. The highest BCUT2D eigenvalue weighted by Gasteiger charge is 2.16. The average Bonchev–Trinajstić information content (AvgIpc) is 2.93. The van der Waals surface area contributed by atoms with Gasteiger partial charge in [-0.25, -0.2) is 0 Å². The number of fused-ring (bicyclic) bond motifs is 1. The number of aliphatic hydroxyl groups is 1. The molecule has 1 aliphatic rings. The van der Waals surface area contributed by atoms with Crippen molar-refractivity contribution in [3.8, 4) is 11.5 Å². The predicted molar refractivity (Wildman–Crippen MR) is 81.9 cm³/mol. The van der Waals surface area contributed by atoms with Crippen molar-refractivity contribution < 1.29 is 14.6 Å². The SMILES string of the molecule is Cc1cccc(C)c1NCC(O)c1ccc2c(c1)OCO2. The number of hydrogen-bond donors (Lipinski definition) is 2. The van der Waals surface area contributed by atoms with E-state index in [1.54, 1.807) is 0 Å². The van der Waals surface area contributed by atoms with Gasteiger partial charge in [0.1, 0.15) is 0 Å². The van der Waals surface area contributed by atoms with Crippen LogP contribution in [0.5, 0.6) is 11.5 Å². The summed E-state index contributed by atoms with van der Waals surface area (Å²) < 4.78 is 10.6. The molecule has 2 N–H and O–H groups in total. The summed E-state index contributed by atoms with van der Waals surface area (Å²) in [6, 6.07) is 11.7. The first-order valence-electron chi connectivity index (χ1n) is 7.03. The highest BCUT2D eigenvalue weighted by atomic mass is 16.7. The number of aliphatic hydroxyl groups excluding tert-OH is 1. The molecular formula is C17H19NO3. The summed E-state index contributed by atoms with van der Waals surface area (Å²) in [5.74, 6) is 1.42. The topological polar surface area (TPSA) is 50.7 Å². The summed E-state index contributed by atoms with van der Waals surface area (Å²) in [4.78, 5) is 0. The van der Waals surface area contributed by atoms with Crippen LogP contribution in [0, 0.1) is 13.8 Å². The van der Waals surface area contributed by atoms with E-state index in [9.17, 15) is 5.11 Å². The van der Waals surface area contributed by atoms with E-state index in [0.717, 1.165) is 17.0 Å². The van der Waals surface area contributed by atoms with Gasteiger partial charge in [-0.1, -0.05) is 24.3 Å². The Morgan fingerprint density at radius 2 is 1.81 bits per heavy atom. The number of aryl methyl sites for hydroxylation is 2. The molecule has 0 spiro atoms. The van der Waals surface area contributed by atoms with Gasteiger partial charge in [-0.15, -0.1) is 0 Å². The van der Waals surface area contributed by atoms with Gasteiger partial charge in [0.15, 0.2) is 11.5 Å². The fourth-order valence-corrected chi connectivity index (χ4v) is 2.53. The lowest BCUT2D eigenvalue weighted by Gasteiger charge is -2.16. The summed E-state index contributed by atoms with van der Waals surface area (Å²) >= 11 is 0. The van der Waals surface area contributed by atoms with Crippen molar-refractivity contribution in [3.63, 3.8) is 0 Å². The number of hydrogen-bond acceptors (Lipinski definition) is 4. The Labute approximate surface area is 124 Å². The van der Waals surface area contributed by atoms with E-state index in [4.69, 9.17) is 9.47 Å². The van der Waals surface area contributed by atoms with E-state index in [2.05, 4.69) is 31.3 Å². The second-order valence-corrected chi connectivity index (χ2v) is 5.28. The molecule has 1 heterocycles. The predicted octanol–water partition coefficient (Wildman–Crippen LogP) is 3.18. The monoisotopic (exact) mass is 285 g/mol. The zero-order chi connectivity index (χ0) is 14.8. The van der Waals surface area contributed by atoms with Crippen molar-refractivity contribution in [3.05, 3.63) is 53.1 Å². The maximum atomic E-state index is 10.3. The molecule has 0 amide bonds. The molecule has 0 bridgehead atoms. The largest absolute Gasteiger partial charge is 0.454 e. The minimum absolute atomic E-state index is 0.246. The van der Waals surface area contributed by atoms with E-state index in [1.165, 1.54) is 11.1 Å². The average molecular weight is 285 g/mol. The highest BCUT2D eigenvalue weighted by Crippen LogP contribution is 2.34. The molecule has 3 rings (SSSR count). The summed E-state index contributed by atoms with van der Waals surface area (Å²) in [7, 11) is 0. The Bertz CT molecular complexity index is 634. The van der Waals surface area contributed by atoms with Crippen LogP contribution in [-0.4, -0.2) is 18.4 Å². The van der Waals surface area contributed by atoms with Gasteiger partial charge in [0.25, 0.3) is 0 Å². The first kappa shape index (κ1) is 13.8. The van der Waals surface area contributed by atoms with Crippen LogP contribution in [0.25, 0.3) is 0 Å². The van der Waals surface area contributed by atoms with Crippen LogP contribution in [0.1, 0.15) is 22.8 Å². The molecule has 4 nitrogen and oxygen atoms in total. The lowest BCUT2D eigenvalue weighted by Crippen LogP contribution is -2.13. The Morgan fingerprint density at radius 3 is 2.57 bits per heavy atom. The molecule has 1 aliphatic heterocycles. The van der Waals surface area contributed by atoms with Crippen molar-refractivity contribution >= 4 is 5.69 Å². The van der Waals surface area contributed by atoms with E-state index < -0.39 is 6.10 Å². The van der Waals surface area contributed by atoms with E-state index in [1.807, 2.05) is 24.3 Å². The molecule has 4 heteroatoms. The van der Waals surface area contributed by atoms with Crippen LogP contribution in [0.2, 0.25) is 0 Å². The molecule has 110 valence electrons. The van der Waals surface area contributed by atoms with Crippen molar-refractivity contribution in [2.45, 2.75) is 20.0 Å². The highest BCUT2D eigenvalue weighted by molar-refractivity contribution is 5.56. The normalized spacial score (nSPS) is 14.0. The summed E-state index contributed by atoms with van der Waals surface area (Å²) in [6.45, 7) is 4.81. The van der Waals surface area contributed by atoms with Crippen molar-refractivity contribution in [2.75, 3.05) is 18.7 Å². The number of ether oxygens (including phenoxy) is 2. The molecule has 2 aromatic rings. The molecule has 0 saturated carbocycles. The van der Waals surface area contributed by atoms with Crippen LogP contribution < -0.4 is 14.8 Å². The van der Waals surface area contributed by atoms with E-state index >= 15 is 0 Å². The molecule has 0 fully saturated rings. The number of benzene rings is 2. The summed E-state index contributed by atoms with van der Waals surface area (Å²) in [5, 5.41) is 13.7. The fourth-order valence-electron chi connectivity index (χ4n) is 2.53. The number of rotatable bonds is 4. The van der Waals surface area contributed by atoms with Gasteiger partial charge in [-0.2, -0.15) is 0 Å². The molecule has 1 atom stereocenters. The molecule has 0 radical (unpaired) electrons. The third-order valence-corrected chi connectivity index (χ3v) is 3.73. The molecule has 2 aromatic carbocycles. The molecule has 0 aromatic heterocycles. The Hall–Kier alpha value is -2.20. The summed E-state index contributed by atoms with van der Waals surface area (Å²) in [6.07, 6.45) is -0.599. The van der Waals surface area contributed by atoms with E-state index in [-0.39, 0.29) is 6.79 Å².